The molecule has 0 bridgehead atoms. The van der Waals surface area contributed by atoms with Crippen LogP contribution in [0, 0.1) is 18.8 Å². The Morgan fingerprint density at radius 2 is 1.79 bits per heavy atom. The van der Waals surface area contributed by atoms with E-state index in [2.05, 4.69) is 5.32 Å². The van der Waals surface area contributed by atoms with Crippen molar-refractivity contribution in [2.24, 2.45) is 11.8 Å². The van der Waals surface area contributed by atoms with Crippen LogP contribution in [0.25, 0.3) is 11.1 Å². The van der Waals surface area contributed by atoms with Gasteiger partial charge in [0.05, 0.1) is 18.4 Å². The van der Waals surface area contributed by atoms with E-state index in [0.717, 1.165) is 24.0 Å². The molecule has 0 saturated heterocycles. The summed E-state index contributed by atoms with van der Waals surface area (Å²) in [7, 11) is 0. The van der Waals surface area contributed by atoms with Gasteiger partial charge in [0.15, 0.2) is 0 Å². The summed E-state index contributed by atoms with van der Waals surface area (Å²) in [5, 5.41) is 14.5. The number of carbonyl (C=O) groups is 3. The van der Waals surface area contributed by atoms with Crippen LogP contribution in [0.5, 0.6) is 0 Å². The molecule has 154 valence electrons. The van der Waals surface area contributed by atoms with Gasteiger partial charge in [0.25, 0.3) is 0 Å². The maximum Gasteiger partial charge on any atom is 0.341 e. The van der Waals surface area contributed by atoms with Gasteiger partial charge in [-0.15, -0.1) is 11.3 Å². The topological polar surface area (TPSA) is 92.7 Å². The number of rotatable bonds is 6. The summed E-state index contributed by atoms with van der Waals surface area (Å²) in [6, 6.07) is 7.76. The van der Waals surface area contributed by atoms with Crippen molar-refractivity contribution in [3.63, 3.8) is 0 Å². The second-order valence-corrected chi connectivity index (χ2v) is 8.14. The number of carboxylic acids is 1. The Bertz CT molecular complexity index is 902. The van der Waals surface area contributed by atoms with Gasteiger partial charge < -0.3 is 15.2 Å². The maximum atomic E-state index is 12.9. The molecule has 29 heavy (non-hydrogen) atoms. The van der Waals surface area contributed by atoms with Gasteiger partial charge in [0.2, 0.25) is 5.91 Å². The van der Waals surface area contributed by atoms with E-state index >= 15 is 0 Å². The van der Waals surface area contributed by atoms with Gasteiger partial charge >= 0.3 is 11.9 Å². The van der Waals surface area contributed by atoms with E-state index < -0.39 is 23.8 Å². The fourth-order valence-corrected chi connectivity index (χ4v) is 4.71. The molecule has 1 aromatic heterocycles. The summed E-state index contributed by atoms with van der Waals surface area (Å²) in [5.41, 5.74) is 2.97. The van der Waals surface area contributed by atoms with Crippen molar-refractivity contribution in [1.29, 1.82) is 0 Å². The molecule has 1 heterocycles. The zero-order chi connectivity index (χ0) is 21.0. The Kier molecular flexibility index (Phi) is 6.69. The number of carbonyl (C=O) groups excluding carboxylic acids is 2. The molecule has 0 radical (unpaired) electrons. The lowest BCUT2D eigenvalue weighted by molar-refractivity contribution is -0.147. The molecule has 1 aliphatic rings. The van der Waals surface area contributed by atoms with Gasteiger partial charge in [-0.3, -0.25) is 9.59 Å². The summed E-state index contributed by atoms with van der Waals surface area (Å²) < 4.78 is 5.22. The molecule has 1 amide bonds. The normalized spacial score (nSPS) is 18.8. The number of esters is 1. The average Bonchev–Trinajstić information content (AvgIpc) is 3.12. The fourth-order valence-electron chi connectivity index (χ4n) is 3.75. The number of benzene rings is 1. The molecule has 2 N–H and O–H groups in total. The summed E-state index contributed by atoms with van der Waals surface area (Å²) in [6.07, 6.45) is 2.67. The summed E-state index contributed by atoms with van der Waals surface area (Å²) in [5.74, 6) is -3.08. The molecule has 3 rings (SSSR count). The van der Waals surface area contributed by atoms with Gasteiger partial charge in [-0.1, -0.05) is 42.7 Å². The molecule has 1 fully saturated rings. The molecule has 2 atom stereocenters. The van der Waals surface area contributed by atoms with Crippen molar-refractivity contribution in [2.75, 3.05) is 11.9 Å². The minimum atomic E-state index is -0.943. The first-order valence-electron chi connectivity index (χ1n) is 9.81. The third-order valence-electron chi connectivity index (χ3n) is 5.29. The third-order valence-corrected chi connectivity index (χ3v) is 6.19. The van der Waals surface area contributed by atoms with Gasteiger partial charge in [-0.2, -0.15) is 0 Å². The lowest BCUT2D eigenvalue weighted by atomic mass is 9.79. The highest BCUT2D eigenvalue weighted by atomic mass is 32.1. The van der Waals surface area contributed by atoms with E-state index in [-0.39, 0.29) is 12.5 Å². The molecule has 1 saturated carbocycles. The fraction of sp³-hybridized carbons (Fsp3) is 0.409. The first-order chi connectivity index (χ1) is 13.9. The minimum absolute atomic E-state index is 0.221. The van der Waals surface area contributed by atoms with Crippen LogP contribution in [0.1, 0.15) is 48.5 Å². The molecule has 0 spiro atoms. The lowest BCUT2D eigenvalue weighted by Crippen LogP contribution is -2.36. The predicted molar refractivity (Wildman–Crippen MR) is 112 cm³/mol. The standard InChI is InChI=1S/C22H25NO5S/c1-3-28-22(27)18-17(14-10-8-13(2)9-11-14)12-29-20(18)23-19(24)15-6-4-5-7-16(15)21(25)26/h8-12,15-16H,3-7H2,1-2H3,(H,23,24)(H,25,26)/t15-,16+/m1/s1. The molecule has 0 aliphatic heterocycles. The number of anilines is 1. The smallest absolute Gasteiger partial charge is 0.341 e. The van der Waals surface area contributed by atoms with Crippen LogP contribution in [0.3, 0.4) is 0 Å². The average molecular weight is 416 g/mol. The number of thiophene rings is 1. The van der Waals surface area contributed by atoms with Gasteiger partial charge in [-0.05, 0) is 32.3 Å². The van der Waals surface area contributed by atoms with E-state index in [1.54, 1.807) is 6.92 Å². The van der Waals surface area contributed by atoms with Crippen LogP contribution >= 0.6 is 11.3 Å². The predicted octanol–water partition coefficient (Wildman–Crippen LogP) is 4.73. The van der Waals surface area contributed by atoms with Crippen LogP contribution < -0.4 is 5.32 Å². The number of nitrogens with one attached hydrogen (secondary N) is 1. The van der Waals surface area contributed by atoms with Crippen molar-refractivity contribution in [2.45, 2.75) is 39.5 Å². The molecular formula is C22H25NO5S. The summed E-state index contributed by atoms with van der Waals surface area (Å²) in [4.78, 5) is 37.1. The monoisotopic (exact) mass is 415 g/mol. The number of carboxylic acid groups (broad SMARTS) is 1. The Morgan fingerprint density at radius 1 is 1.14 bits per heavy atom. The molecule has 6 nitrogen and oxygen atoms in total. The maximum absolute atomic E-state index is 12.9. The highest BCUT2D eigenvalue weighted by molar-refractivity contribution is 7.15. The molecule has 7 heteroatoms. The highest BCUT2D eigenvalue weighted by Gasteiger charge is 2.36. The number of aliphatic carboxylic acids is 1. The number of ether oxygens (including phenoxy) is 1. The van der Waals surface area contributed by atoms with Crippen LogP contribution in [0.4, 0.5) is 5.00 Å². The summed E-state index contributed by atoms with van der Waals surface area (Å²) in [6.45, 7) is 3.94. The van der Waals surface area contributed by atoms with Crippen LogP contribution in [0.15, 0.2) is 29.6 Å². The zero-order valence-corrected chi connectivity index (χ0v) is 17.4. The SMILES string of the molecule is CCOC(=O)c1c(-c2ccc(C)cc2)csc1NC(=O)[C@@H]1CCCC[C@@H]1C(=O)O. The van der Waals surface area contributed by atoms with E-state index in [1.807, 2.05) is 36.6 Å². The Labute approximate surface area is 173 Å². The van der Waals surface area contributed by atoms with Crippen LogP contribution in [-0.4, -0.2) is 29.6 Å². The van der Waals surface area contributed by atoms with E-state index in [4.69, 9.17) is 4.74 Å². The van der Waals surface area contributed by atoms with E-state index in [0.29, 0.717) is 29.0 Å². The quantitative estimate of drug-likeness (QED) is 0.666. The van der Waals surface area contributed by atoms with Gasteiger partial charge in [0.1, 0.15) is 10.6 Å². The number of amides is 1. The minimum Gasteiger partial charge on any atom is -0.481 e. The molecule has 1 aromatic carbocycles. The molecule has 1 aliphatic carbocycles. The van der Waals surface area contributed by atoms with Crippen molar-refractivity contribution in [3.05, 3.63) is 40.8 Å². The van der Waals surface area contributed by atoms with Crippen molar-refractivity contribution in [3.8, 4) is 11.1 Å². The number of hydrogen-bond acceptors (Lipinski definition) is 5. The molecular weight excluding hydrogens is 390 g/mol. The molecule has 0 unspecified atom stereocenters. The van der Waals surface area contributed by atoms with Gasteiger partial charge in [0, 0.05) is 10.9 Å². The largest absolute Gasteiger partial charge is 0.481 e. The van der Waals surface area contributed by atoms with E-state index in [9.17, 15) is 19.5 Å². The Morgan fingerprint density at radius 3 is 2.41 bits per heavy atom. The van der Waals surface area contributed by atoms with Gasteiger partial charge in [-0.25, -0.2) is 4.79 Å². The Hall–Kier alpha value is -2.67. The molecule has 2 aromatic rings. The first-order valence-corrected chi connectivity index (χ1v) is 10.7. The van der Waals surface area contributed by atoms with Crippen molar-refractivity contribution in [1.82, 2.24) is 0 Å². The Balaban J connectivity index is 1.92. The second-order valence-electron chi connectivity index (χ2n) is 7.26. The highest BCUT2D eigenvalue weighted by Crippen LogP contribution is 2.38. The van der Waals surface area contributed by atoms with Crippen molar-refractivity contribution < 1.29 is 24.2 Å². The van der Waals surface area contributed by atoms with Crippen LogP contribution in [0.2, 0.25) is 0 Å². The lowest BCUT2D eigenvalue weighted by Gasteiger charge is -2.27. The van der Waals surface area contributed by atoms with Crippen molar-refractivity contribution >= 4 is 34.2 Å². The first kappa shape index (κ1) is 21.0. The number of aryl methyl sites for hydroxylation is 1. The van der Waals surface area contributed by atoms with Crippen LogP contribution in [-0.2, 0) is 14.3 Å². The summed E-state index contributed by atoms with van der Waals surface area (Å²) >= 11 is 1.25. The number of hydrogen-bond donors (Lipinski definition) is 2. The second kappa shape index (κ2) is 9.22. The zero-order valence-electron chi connectivity index (χ0n) is 16.6. The third kappa shape index (κ3) is 4.67. The van der Waals surface area contributed by atoms with E-state index in [1.165, 1.54) is 11.3 Å².